The number of aromatic nitrogens is 2. The molecule has 304 valence electrons. The fourth-order valence-electron chi connectivity index (χ4n) is 7.37. The Morgan fingerprint density at radius 2 is 1.34 bits per heavy atom. The summed E-state index contributed by atoms with van der Waals surface area (Å²) in [5, 5.41) is 10.3. The predicted octanol–water partition coefficient (Wildman–Crippen LogP) is 5.52. The van der Waals surface area contributed by atoms with Gasteiger partial charge in [0.15, 0.2) is 0 Å². The number of amides is 7. The number of likely N-dealkylation sites (tertiary alicyclic amines) is 2. The molecule has 5 N–H and O–H groups in total. The molecule has 0 spiro atoms. The summed E-state index contributed by atoms with van der Waals surface area (Å²) in [6, 6.07) is 20.0. The lowest BCUT2D eigenvalue weighted by Crippen LogP contribution is -2.51. The Balaban J connectivity index is 1.04. The number of alkyl carbamates (subject to hydrolysis) is 2. The van der Waals surface area contributed by atoms with Gasteiger partial charge in [0.25, 0.3) is 11.8 Å². The molecule has 2 aliphatic rings. The van der Waals surface area contributed by atoms with Crippen LogP contribution in [-0.4, -0.2) is 95.1 Å². The van der Waals surface area contributed by atoms with E-state index in [0.29, 0.717) is 36.5 Å². The van der Waals surface area contributed by atoms with Gasteiger partial charge in [-0.15, -0.1) is 0 Å². The van der Waals surface area contributed by atoms with Gasteiger partial charge in [-0.25, -0.2) is 19.4 Å². The highest BCUT2D eigenvalue weighted by Crippen LogP contribution is 2.33. The second-order valence-corrected chi connectivity index (χ2v) is 14.5. The van der Waals surface area contributed by atoms with E-state index in [0.717, 1.165) is 35.2 Å². The van der Waals surface area contributed by atoms with Crippen LogP contribution < -0.4 is 21.3 Å². The van der Waals surface area contributed by atoms with Crippen molar-refractivity contribution < 1.29 is 38.2 Å². The zero-order valence-corrected chi connectivity index (χ0v) is 32.8. The van der Waals surface area contributed by atoms with Crippen molar-refractivity contribution in [2.75, 3.05) is 32.6 Å². The van der Waals surface area contributed by atoms with E-state index < -0.39 is 48.2 Å². The molecule has 16 heteroatoms. The molecule has 2 saturated heterocycles. The van der Waals surface area contributed by atoms with Crippen molar-refractivity contribution in [3.05, 3.63) is 96.4 Å². The normalized spacial score (nSPS) is 17.3. The highest BCUT2D eigenvalue weighted by Gasteiger charge is 2.40. The molecule has 16 nitrogen and oxygen atoms in total. The summed E-state index contributed by atoms with van der Waals surface area (Å²) >= 11 is 0. The number of imide groups is 1. The Hall–Kier alpha value is -6.71. The van der Waals surface area contributed by atoms with Crippen molar-refractivity contribution in [1.82, 2.24) is 35.7 Å². The molecule has 7 amide bonds. The fraction of sp³-hybridized carbons (Fsp3) is 0.357. The number of methoxy groups -OCH3 is 2. The van der Waals surface area contributed by atoms with Gasteiger partial charge in [0.1, 0.15) is 23.9 Å². The highest BCUT2D eigenvalue weighted by atomic mass is 16.5. The SMILES string of the molecule is COC(=O)NC(C(=O)N1CCCC1C(=O)NC(=O)Nc1ccc(-c2ccc(-c3cnc(C4CCCN4C(=O)C(NC(=O)OC)C(C)C)[nH]3)cc2)cc1)c1ccccc1. The van der Waals surface area contributed by atoms with Crippen LogP contribution in [0.4, 0.5) is 20.1 Å². The van der Waals surface area contributed by atoms with Crippen LogP contribution in [0.3, 0.4) is 0 Å². The van der Waals surface area contributed by atoms with Gasteiger partial charge in [0.2, 0.25) is 5.91 Å². The van der Waals surface area contributed by atoms with E-state index in [2.05, 4.69) is 31.2 Å². The van der Waals surface area contributed by atoms with Crippen LogP contribution in [0.2, 0.25) is 0 Å². The standard InChI is InChI=1S/C42H48N8O8/c1-25(2)34(46-41(55)57-3)38(52)49-22-8-12-32(49)36-43-24-31(45-36)28-16-14-26(15-17-28)27-18-20-30(21-19-27)44-40(54)48-37(51)33-13-9-23-50(33)39(53)35(47-42(56)58-4)29-10-6-5-7-11-29/h5-7,10-11,14-21,24-25,32-35H,8-9,12-13,22-23H2,1-4H3,(H,43,45)(H,46,55)(H,47,56)(H2,44,48,51,54). The van der Waals surface area contributed by atoms with Gasteiger partial charge in [0.05, 0.1) is 32.2 Å². The average Bonchev–Trinajstić information content (AvgIpc) is 4.04. The number of carbonyl (C=O) groups is 6. The molecule has 6 rings (SSSR count). The number of nitrogens with one attached hydrogen (secondary N) is 5. The molecule has 3 heterocycles. The first-order chi connectivity index (χ1) is 28.0. The molecule has 4 aromatic rings. The third-order valence-corrected chi connectivity index (χ3v) is 10.4. The van der Waals surface area contributed by atoms with E-state index in [1.165, 1.54) is 19.1 Å². The topological polar surface area (TPSA) is 204 Å². The number of carbonyl (C=O) groups excluding carboxylic acids is 6. The molecule has 58 heavy (non-hydrogen) atoms. The van der Waals surface area contributed by atoms with Crippen LogP contribution in [0, 0.1) is 5.92 Å². The quantitative estimate of drug-likeness (QED) is 0.130. The zero-order chi connectivity index (χ0) is 41.3. The van der Waals surface area contributed by atoms with Crippen LogP contribution in [0.15, 0.2) is 85.1 Å². The van der Waals surface area contributed by atoms with E-state index in [4.69, 9.17) is 9.47 Å². The van der Waals surface area contributed by atoms with Gasteiger partial charge in [-0.3, -0.25) is 19.7 Å². The molecule has 0 bridgehead atoms. The van der Waals surface area contributed by atoms with E-state index in [1.54, 1.807) is 53.6 Å². The van der Waals surface area contributed by atoms with Crippen LogP contribution in [0.5, 0.6) is 0 Å². The lowest BCUT2D eigenvalue weighted by atomic mass is 10.0. The molecule has 2 fully saturated rings. The van der Waals surface area contributed by atoms with Gasteiger partial charge in [-0.05, 0) is 66.0 Å². The van der Waals surface area contributed by atoms with Crippen LogP contribution in [0.1, 0.15) is 63.0 Å². The first kappa shape index (κ1) is 40.9. The second-order valence-electron chi connectivity index (χ2n) is 14.5. The van der Waals surface area contributed by atoms with E-state index in [1.807, 2.05) is 50.2 Å². The van der Waals surface area contributed by atoms with E-state index in [-0.39, 0.29) is 24.4 Å². The fourth-order valence-corrected chi connectivity index (χ4v) is 7.37. The smallest absolute Gasteiger partial charge is 0.407 e. The predicted molar refractivity (Wildman–Crippen MR) is 214 cm³/mol. The maximum Gasteiger partial charge on any atom is 0.407 e. The Bertz CT molecular complexity index is 2110. The number of ether oxygens (including phenoxy) is 2. The molecule has 0 radical (unpaired) electrons. The average molecular weight is 793 g/mol. The van der Waals surface area contributed by atoms with E-state index >= 15 is 0 Å². The van der Waals surface area contributed by atoms with Crippen LogP contribution in [-0.2, 0) is 23.9 Å². The number of aromatic amines is 1. The van der Waals surface area contributed by atoms with Gasteiger partial charge >= 0.3 is 18.2 Å². The van der Waals surface area contributed by atoms with Crippen molar-refractivity contribution in [3.63, 3.8) is 0 Å². The number of imidazole rings is 1. The summed E-state index contributed by atoms with van der Waals surface area (Å²) < 4.78 is 9.45. The third-order valence-electron chi connectivity index (χ3n) is 10.4. The summed E-state index contributed by atoms with van der Waals surface area (Å²) in [4.78, 5) is 88.5. The number of anilines is 1. The minimum atomic E-state index is -1.07. The maximum atomic E-state index is 13.6. The minimum Gasteiger partial charge on any atom is -0.453 e. The number of H-pyrrole nitrogens is 1. The first-order valence-corrected chi connectivity index (χ1v) is 19.2. The van der Waals surface area contributed by atoms with Crippen molar-refractivity contribution in [3.8, 4) is 22.4 Å². The highest BCUT2D eigenvalue weighted by molar-refractivity contribution is 6.04. The number of rotatable bonds is 11. The number of urea groups is 1. The summed E-state index contributed by atoms with van der Waals surface area (Å²) in [7, 11) is 2.47. The Morgan fingerprint density at radius 3 is 2.00 bits per heavy atom. The molecule has 3 aromatic carbocycles. The molecule has 4 unspecified atom stereocenters. The summed E-state index contributed by atoms with van der Waals surface area (Å²) in [6.45, 7) is 4.60. The van der Waals surface area contributed by atoms with Gasteiger partial charge in [-0.1, -0.05) is 80.6 Å². The van der Waals surface area contributed by atoms with Crippen molar-refractivity contribution >= 4 is 41.6 Å². The molecule has 0 aliphatic carbocycles. The summed E-state index contributed by atoms with van der Waals surface area (Å²) in [5.41, 5.74) is 4.52. The van der Waals surface area contributed by atoms with Gasteiger partial charge in [0, 0.05) is 18.8 Å². The van der Waals surface area contributed by atoms with Crippen molar-refractivity contribution in [2.24, 2.45) is 5.92 Å². The molecular formula is C42H48N8O8. The lowest BCUT2D eigenvalue weighted by Gasteiger charge is -2.30. The Kier molecular flexibility index (Phi) is 13.1. The lowest BCUT2D eigenvalue weighted by molar-refractivity contribution is -0.139. The van der Waals surface area contributed by atoms with Gasteiger partial charge in [-0.2, -0.15) is 0 Å². The molecule has 1 aromatic heterocycles. The Morgan fingerprint density at radius 1 is 0.741 bits per heavy atom. The first-order valence-electron chi connectivity index (χ1n) is 19.2. The third kappa shape index (κ3) is 9.45. The number of hydrogen-bond acceptors (Lipinski definition) is 9. The number of hydrogen-bond donors (Lipinski definition) is 5. The van der Waals surface area contributed by atoms with Crippen molar-refractivity contribution in [2.45, 2.75) is 63.7 Å². The largest absolute Gasteiger partial charge is 0.453 e. The van der Waals surface area contributed by atoms with Crippen LogP contribution in [0.25, 0.3) is 22.4 Å². The summed E-state index contributed by atoms with van der Waals surface area (Å²) in [6.07, 6.45) is 2.79. The van der Waals surface area contributed by atoms with Crippen molar-refractivity contribution in [1.29, 1.82) is 0 Å². The van der Waals surface area contributed by atoms with Crippen LogP contribution >= 0.6 is 0 Å². The molecule has 2 aliphatic heterocycles. The molecule has 0 saturated carbocycles. The Labute approximate surface area is 336 Å². The van der Waals surface area contributed by atoms with Gasteiger partial charge < -0.3 is 40.2 Å². The minimum absolute atomic E-state index is 0.130. The number of benzene rings is 3. The summed E-state index contributed by atoms with van der Waals surface area (Å²) in [5.74, 6) is -0.734. The second kappa shape index (κ2) is 18.5. The maximum absolute atomic E-state index is 13.6. The molecule has 4 atom stereocenters. The number of nitrogens with zero attached hydrogens (tertiary/aromatic N) is 3. The zero-order valence-electron chi connectivity index (χ0n) is 32.8. The van der Waals surface area contributed by atoms with E-state index in [9.17, 15) is 28.8 Å². The molecular weight excluding hydrogens is 745 g/mol. The monoisotopic (exact) mass is 792 g/mol.